The first kappa shape index (κ1) is 17.6. The molecule has 0 aliphatic heterocycles. The van der Waals surface area contributed by atoms with Gasteiger partial charge in [-0.1, -0.05) is 24.3 Å². The first-order chi connectivity index (χ1) is 13.5. The van der Waals surface area contributed by atoms with Gasteiger partial charge in [-0.05, 0) is 29.8 Å². The lowest BCUT2D eigenvalue weighted by molar-refractivity contribution is -0.117. The van der Waals surface area contributed by atoms with Gasteiger partial charge in [0.2, 0.25) is 5.91 Å². The van der Waals surface area contributed by atoms with Gasteiger partial charge in [-0.25, -0.2) is 13.5 Å². The average molecular weight is 380 g/mol. The molecular formula is C20H14F2N4O2. The summed E-state index contributed by atoms with van der Waals surface area (Å²) < 4.78 is 29.8. The number of nitrogens with one attached hydrogen (secondary N) is 1. The Balaban J connectivity index is 2.02. The number of pyridine rings is 1. The average Bonchev–Trinajstić information content (AvgIpc) is 3.02. The minimum Gasteiger partial charge on any atom is -0.369 e. The number of hydrogen-bond acceptors (Lipinski definition) is 3. The van der Waals surface area contributed by atoms with Crippen LogP contribution >= 0.6 is 0 Å². The smallest absolute Gasteiger partial charge is 0.259 e. The third-order valence-electron chi connectivity index (χ3n) is 4.33. The topological polar surface area (TPSA) is 93.8 Å². The Morgan fingerprint density at radius 1 is 1.11 bits per heavy atom. The fourth-order valence-electron chi connectivity index (χ4n) is 3.17. The number of aromatic amines is 1. The Morgan fingerprint density at radius 3 is 2.54 bits per heavy atom. The van der Waals surface area contributed by atoms with Crippen molar-refractivity contribution in [2.45, 2.75) is 6.42 Å². The van der Waals surface area contributed by atoms with Crippen molar-refractivity contribution >= 4 is 16.8 Å². The molecule has 0 atom stereocenters. The highest BCUT2D eigenvalue weighted by Crippen LogP contribution is 2.29. The fraction of sp³-hybridized carbons (Fsp3) is 0.0500. The second-order valence-electron chi connectivity index (χ2n) is 6.24. The molecule has 0 aliphatic rings. The highest BCUT2D eigenvalue weighted by molar-refractivity contribution is 5.93. The molecule has 0 radical (unpaired) electrons. The van der Waals surface area contributed by atoms with Gasteiger partial charge in [-0.3, -0.25) is 9.59 Å². The van der Waals surface area contributed by atoms with Gasteiger partial charge >= 0.3 is 0 Å². The van der Waals surface area contributed by atoms with Crippen molar-refractivity contribution < 1.29 is 13.6 Å². The number of rotatable bonds is 4. The predicted octanol–water partition coefficient (Wildman–Crippen LogP) is 2.69. The van der Waals surface area contributed by atoms with E-state index in [0.717, 1.165) is 16.8 Å². The van der Waals surface area contributed by atoms with Gasteiger partial charge in [0, 0.05) is 11.8 Å². The summed E-state index contributed by atoms with van der Waals surface area (Å²) >= 11 is 0. The maximum absolute atomic E-state index is 14.3. The van der Waals surface area contributed by atoms with E-state index in [1.54, 1.807) is 24.3 Å². The van der Waals surface area contributed by atoms with Crippen molar-refractivity contribution in [3.63, 3.8) is 0 Å². The van der Waals surface area contributed by atoms with Crippen LogP contribution in [0.5, 0.6) is 0 Å². The molecule has 0 aliphatic carbocycles. The number of benzene rings is 2. The second kappa shape index (κ2) is 6.73. The fourth-order valence-corrected chi connectivity index (χ4v) is 3.17. The number of carbonyl (C=O) groups excluding carboxylic acids is 1. The Hall–Kier alpha value is -3.81. The summed E-state index contributed by atoms with van der Waals surface area (Å²) in [6, 6.07) is 11.8. The number of para-hydroxylation sites is 1. The molecule has 0 saturated carbocycles. The number of nitrogens with zero attached hydrogens (tertiary/aromatic N) is 2. The zero-order valence-electron chi connectivity index (χ0n) is 14.4. The van der Waals surface area contributed by atoms with Crippen LogP contribution in [0.15, 0.2) is 59.5 Å². The second-order valence-corrected chi connectivity index (χ2v) is 6.24. The van der Waals surface area contributed by atoms with Gasteiger partial charge in [0.1, 0.15) is 11.4 Å². The van der Waals surface area contributed by atoms with Gasteiger partial charge < -0.3 is 10.7 Å². The van der Waals surface area contributed by atoms with Crippen molar-refractivity contribution in [3.05, 3.63) is 82.3 Å². The van der Waals surface area contributed by atoms with Crippen molar-refractivity contribution in [1.82, 2.24) is 14.8 Å². The van der Waals surface area contributed by atoms with Crippen LogP contribution in [-0.4, -0.2) is 20.7 Å². The quantitative estimate of drug-likeness (QED) is 0.570. The van der Waals surface area contributed by atoms with E-state index in [1.807, 2.05) is 0 Å². The third-order valence-corrected chi connectivity index (χ3v) is 4.33. The van der Waals surface area contributed by atoms with E-state index in [-0.39, 0.29) is 28.7 Å². The van der Waals surface area contributed by atoms with Crippen LogP contribution in [0.3, 0.4) is 0 Å². The number of primary amides is 1. The normalized spacial score (nSPS) is 11.1. The van der Waals surface area contributed by atoms with E-state index >= 15 is 0 Å². The number of aromatic nitrogens is 3. The van der Waals surface area contributed by atoms with Crippen LogP contribution in [0.4, 0.5) is 8.78 Å². The number of hydrogen-bond donors (Lipinski definition) is 2. The molecule has 0 spiro atoms. The lowest BCUT2D eigenvalue weighted by Crippen LogP contribution is -2.13. The van der Waals surface area contributed by atoms with Crippen molar-refractivity contribution in [1.29, 1.82) is 0 Å². The minimum absolute atomic E-state index is 0.0186. The van der Waals surface area contributed by atoms with Gasteiger partial charge in [0.05, 0.1) is 17.3 Å². The molecule has 0 fully saturated rings. The Kier molecular flexibility index (Phi) is 4.23. The molecule has 1 amide bonds. The minimum atomic E-state index is -0.807. The number of carbonyl (C=O) groups is 1. The summed E-state index contributed by atoms with van der Waals surface area (Å²) in [6.45, 7) is 0. The molecule has 0 bridgehead atoms. The van der Waals surface area contributed by atoms with Crippen LogP contribution in [0.2, 0.25) is 0 Å². The summed E-state index contributed by atoms with van der Waals surface area (Å²) in [5, 5.41) is 4.51. The molecule has 28 heavy (non-hydrogen) atoms. The van der Waals surface area contributed by atoms with Crippen molar-refractivity contribution in [2.75, 3.05) is 0 Å². The van der Waals surface area contributed by atoms with E-state index in [9.17, 15) is 18.4 Å². The van der Waals surface area contributed by atoms with Crippen molar-refractivity contribution in [3.8, 4) is 16.9 Å². The van der Waals surface area contributed by atoms with Crippen LogP contribution in [0.25, 0.3) is 27.8 Å². The molecule has 0 unspecified atom stereocenters. The number of H-pyrrole nitrogens is 1. The molecule has 6 nitrogen and oxygen atoms in total. The summed E-state index contributed by atoms with van der Waals surface area (Å²) in [5.74, 6) is -2.11. The van der Waals surface area contributed by atoms with Gasteiger partial charge in [-0.15, -0.1) is 0 Å². The number of amides is 1. The molecule has 140 valence electrons. The van der Waals surface area contributed by atoms with E-state index in [2.05, 4.69) is 10.1 Å². The highest BCUT2D eigenvalue weighted by atomic mass is 19.1. The maximum atomic E-state index is 14.3. The summed E-state index contributed by atoms with van der Waals surface area (Å²) in [6.07, 6.45) is 1.40. The summed E-state index contributed by atoms with van der Waals surface area (Å²) in [4.78, 5) is 26.2. The van der Waals surface area contributed by atoms with E-state index in [0.29, 0.717) is 11.1 Å². The third kappa shape index (κ3) is 2.94. The summed E-state index contributed by atoms with van der Waals surface area (Å²) in [7, 11) is 0. The monoisotopic (exact) mass is 380 g/mol. The summed E-state index contributed by atoms with van der Waals surface area (Å²) in [5.41, 5.74) is 6.07. The molecule has 4 rings (SSSR count). The maximum Gasteiger partial charge on any atom is 0.259 e. The molecule has 4 aromatic rings. The Labute approximate surface area is 157 Å². The lowest BCUT2D eigenvalue weighted by Gasteiger charge is -2.06. The molecule has 2 heterocycles. The van der Waals surface area contributed by atoms with Crippen LogP contribution in [0, 0.1) is 11.6 Å². The zero-order valence-corrected chi connectivity index (χ0v) is 14.4. The zero-order chi connectivity index (χ0) is 19.8. The number of nitrogens with two attached hydrogens (primary N) is 1. The molecular weight excluding hydrogens is 366 g/mol. The van der Waals surface area contributed by atoms with Gasteiger partial charge in [0.15, 0.2) is 11.6 Å². The molecule has 8 heteroatoms. The SMILES string of the molecule is NC(=O)Cc1cccc(-c2nn(-c3c(F)cccc3F)c3cc[nH]c(=O)c23)c1. The van der Waals surface area contributed by atoms with Crippen molar-refractivity contribution in [2.24, 2.45) is 5.73 Å². The lowest BCUT2D eigenvalue weighted by atomic mass is 10.0. The van der Waals surface area contributed by atoms with E-state index in [1.165, 1.54) is 18.3 Å². The van der Waals surface area contributed by atoms with Gasteiger partial charge in [-0.2, -0.15) is 5.10 Å². The Morgan fingerprint density at radius 2 is 1.82 bits per heavy atom. The number of halogens is 2. The predicted molar refractivity (Wildman–Crippen MR) is 99.9 cm³/mol. The molecule has 0 saturated heterocycles. The molecule has 3 N–H and O–H groups in total. The molecule has 2 aromatic carbocycles. The van der Waals surface area contributed by atoms with Crippen LogP contribution in [-0.2, 0) is 11.2 Å². The largest absolute Gasteiger partial charge is 0.369 e. The highest BCUT2D eigenvalue weighted by Gasteiger charge is 2.20. The first-order valence-electron chi connectivity index (χ1n) is 8.38. The van der Waals surface area contributed by atoms with E-state index in [4.69, 9.17) is 5.73 Å². The first-order valence-corrected chi connectivity index (χ1v) is 8.38. The number of fused-ring (bicyclic) bond motifs is 1. The van der Waals surface area contributed by atoms with Crippen LogP contribution in [0.1, 0.15) is 5.56 Å². The Bertz CT molecular complexity index is 1260. The molecule has 2 aromatic heterocycles. The standard InChI is InChI=1S/C20H14F2N4O2/c21-13-5-2-6-14(22)19(13)26-15-7-8-24-20(28)17(15)18(25-26)12-4-1-3-11(9-12)10-16(23)27/h1-9H,10H2,(H2,23,27)(H,24,28). The van der Waals surface area contributed by atoms with Gasteiger partial charge in [0.25, 0.3) is 5.56 Å². The van der Waals surface area contributed by atoms with E-state index < -0.39 is 23.1 Å². The van der Waals surface area contributed by atoms with Crippen LogP contribution < -0.4 is 11.3 Å².